The maximum atomic E-state index is 11.6. The molecule has 0 saturated carbocycles. The number of carboxylic acids is 1. The lowest BCUT2D eigenvalue weighted by molar-refractivity contribution is -0.432. The van der Waals surface area contributed by atoms with Crippen LogP contribution in [0, 0.1) is 6.92 Å². The van der Waals surface area contributed by atoms with Gasteiger partial charge in [0.2, 0.25) is 0 Å². The molecule has 186 valence electrons. The first-order valence-electron chi connectivity index (χ1n) is 9.69. The van der Waals surface area contributed by atoms with Crippen LogP contribution in [0.2, 0.25) is 0 Å². The van der Waals surface area contributed by atoms with Crippen molar-refractivity contribution >= 4 is 45.3 Å². The minimum atomic E-state index is -4.58. The van der Waals surface area contributed by atoms with Crippen LogP contribution in [0.3, 0.4) is 0 Å². The lowest BCUT2D eigenvalue weighted by Gasteiger charge is -2.03. The summed E-state index contributed by atoms with van der Waals surface area (Å²) in [5, 5.41) is 43.4. The Balaban J connectivity index is 2.15. The summed E-state index contributed by atoms with van der Waals surface area (Å²) in [6.45, 7) is 1.41. The second kappa shape index (κ2) is 11.7. The van der Waals surface area contributed by atoms with Gasteiger partial charge < -0.3 is 10.2 Å². The van der Waals surface area contributed by atoms with Crippen molar-refractivity contribution in [2.24, 2.45) is 15.3 Å². The number of aromatic carboxylic acids is 1. The number of aryl methyl sites for hydroxylation is 1. The molecule has 0 bridgehead atoms. The van der Waals surface area contributed by atoms with E-state index in [0.717, 1.165) is 12.1 Å². The van der Waals surface area contributed by atoms with E-state index >= 15 is 0 Å². The van der Waals surface area contributed by atoms with Gasteiger partial charge in [0.25, 0.3) is 10.1 Å². The fourth-order valence-corrected chi connectivity index (χ4v) is 3.74. The molecule has 36 heavy (non-hydrogen) atoms. The lowest BCUT2D eigenvalue weighted by Crippen LogP contribution is -2.00. The zero-order chi connectivity index (χ0) is 26.3. The van der Waals surface area contributed by atoms with Gasteiger partial charge in [-0.15, -0.1) is 4.33 Å². The lowest BCUT2D eigenvalue weighted by atomic mass is 10.2. The second-order valence-corrected chi connectivity index (χ2v) is 9.08. The molecule has 0 aliphatic rings. The van der Waals surface area contributed by atoms with Crippen molar-refractivity contribution in [3.8, 4) is 5.75 Å². The number of amidine groups is 1. The molecule has 3 rings (SSSR count). The SMILES string of the molecule is Cc1cc(S(=O)(=O)O)cc(N=[N+]=C(N=Nc2cc(SOOO)ccc2C(=O)O)c2ccccc2)c1O. The van der Waals surface area contributed by atoms with Crippen LogP contribution in [-0.2, 0) is 19.5 Å². The molecular formula is C21H17N4O9S2+. The molecule has 0 aliphatic carbocycles. The van der Waals surface area contributed by atoms with Gasteiger partial charge in [0.15, 0.2) is 5.69 Å². The van der Waals surface area contributed by atoms with Crippen molar-refractivity contribution in [3.63, 3.8) is 0 Å². The monoisotopic (exact) mass is 533 g/mol. The molecule has 0 heterocycles. The Labute approximate surface area is 207 Å². The van der Waals surface area contributed by atoms with Gasteiger partial charge in [-0.05, 0) is 60.1 Å². The Hall–Kier alpha value is -3.95. The molecule has 0 atom stereocenters. The second-order valence-electron chi connectivity index (χ2n) is 6.88. The van der Waals surface area contributed by atoms with Crippen molar-refractivity contribution in [1.29, 1.82) is 0 Å². The number of phenols is 1. The van der Waals surface area contributed by atoms with Gasteiger partial charge in [0.1, 0.15) is 16.6 Å². The molecule has 4 N–H and O–H groups in total. The van der Waals surface area contributed by atoms with Crippen LogP contribution in [0.1, 0.15) is 21.5 Å². The molecule has 15 heteroatoms. The zero-order valence-corrected chi connectivity index (χ0v) is 19.8. The molecule has 0 fully saturated rings. The normalized spacial score (nSPS) is 11.3. The van der Waals surface area contributed by atoms with Crippen LogP contribution in [-0.4, -0.2) is 45.0 Å². The molecule has 0 aliphatic heterocycles. The number of carboxylic acid groups (broad SMARTS) is 1. The number of phenolic OH excluding ortho intramolecular Hbond substituents is 1. The summed E-state index contributed by atoms with van der Waals surface area (Å²) in [5.41, 5.74) is -0.0312. The number of benzene rings is 3. The van der Waals surface area contributed by atoms with Gasteiger partial charge >= 0.3 is 11.8 Å². The van der Waals surface area contributed by atoms with Crippen molar-refractivity contribution in [2.45, 2.75) is 16.7 Å². The Morgan fingerprint density at radius 3 is 2.42 bits per heavy atom. The maximum absolute atomic E-state index is 11.6. The molecule has 0 unspecified atom stereocenters. The molecule has 13 nitrogen and oxygen atoms in total. The van der Waals surface area contributed by atoms with Crippen molar-refractivity contribution in [3.05, 3.63) is 77.4 Å². The maximum Gasteiger partial charge on any atom is 0.477 e. The van der Waals surface area contributed by atoms with E-state index in [1.165, 1.54) is 25.1 Å². The minimum Gasteiger partial charge on any atom is -0.505 e. The number of aromatic hydroxyl groups is 1. The first-order chi connectivity index (χ1) is 17.1. The summed E-state index contributed by atoms with van der Waals surface area (Å²) in [5.74, 6) is -1.78. The highest BCUT2D eigenvalue weighted by molar-refractivity contribution is 7.94. The third-order valence-electron chi connectivity index (χ3n) is 4.45. The predicted octanol–water partition coefficient (Wildman–Crippen LogP) is 4.60. The Morgan fingerprint density at radius 1 is 1.06 bits per heavy atom. The minimum absolute atomic E-state index is 0.0928. The highest BCUT2D eigenvalue weighted by Gasteiger charge is 2.20. The predicted molar refractivity (Wildman–Crippen MR) is 124 cm³/mol. The molecular weight excluding hydrogens is 516 g/mol. The average Bonchev–Trinajstić information content (AvgIpc) is 2.84. The number of azo groups is 1. The highest BCUT2D eigenvalue weighted by Crippen LogP contribution is 2.33. The van der Waals surface area contributed by atoms with Crippen LogP contribution in [0.25, 0.3) is 0 Å². The summed E-state index contributed by atoms with van der Waals surface area (Å²) < 4.78 is 36.7. The fourth-order valence-electron chi connectivity index (χ4n) is 2.76. The summed E-state index contributed by atoms with van der Waals surface area (Å²) in [7, 11) is -4.58. The van der Waals surface area contributed by atoms with Crippen molar-refractivity contribution in [2.75, 3.05) is 0 Å². The summed E-state index contributed by atoms with van der Waals surface area (Å²) in [4.78, 5) is 15.4. The summed E-state index contributed by atoms with van der Waals surface area (Å²) >= 11 is 0.587. The van der Waals surface area contributed by atoms with Gasteiger partial charge in [-0.25, -0.2) is 10.1 Å². The van der Waals surface area contributed by atoms with Crippen LogP contribution < -0.4 is 0 Å². The number of hydrogen-bond acceptors (Lipinski definition) is 10. The molecule has 0 aromatic heterocycles. The van der Waals surface area contributed by atoms with E-state index < -0.39 is 21.0 Å². The standard InChI is InChI=1S/C21H16N4O9S2/c1-12-9-15(36(30,31)32)11-18(19(12)26)23-25-20(13-5-3-2-4-6-13)24-22-17-10-14(35-34-33-29)7-8-16(17)21(27)28/h2-11H,1H3,(H3,27,28,29,30,31,32)/p+1. The smallest absolute Gasteiger partial charge is 0.477 e. The third-order valence-corrected chi connectivity index (χ3v) is 5.86. The van der Waals surface area contributed by atoms with E-state index in [1.54, 1.807) is 30.3 Å². The Morgan fingerprint density at radius 2 is 1.78 bits per heavy atom. The van der Waals surface area contributed by atoms with Crippen LogP contribution >= 0.6 is 12.0 Å². The third kappa shape index (κ3) is 6.80. The van der Waals surface area contributed by atoms with Crippen molar-refractivity contribution < 1.29 is 47.4 Å². The van der Waals surface area contributed by atoms with Crippen LogP contribution in [0.5, 0.6) is 5.75 Å². The fraction of sp³-hybridized carbons (Fsp3) is 0.0476. The van der Waals surface area contributed by atoms with Crippen LogP contribution in [0.4, 0.5) is 11.4 Å². The molecule has 3 aromatic rings. The van der Waals surface area contributed by atoms with Gasteiger partial charge in [-0.1, -0.05) is 28.0 Å². The van der Waals surface area contributed by atoms with Gasteiger partial charge in [-0.3, -0.25) is 4.55 Å². The van der Waals surface area contributed by atoms with E-state index in [0.29, 0.717) is 22.5 Å². The van der Waals surface area contributed by atoms with Crippen molar-refractivity contribution in [1.82, 2.24) is 0 Å². The average molecular weight is 534 g/mol. The largest absolute Gasteiger partial charge is 0.505 e. The van der Waals surface area contributed by atoms with E-state index in [1.807, 2.05) is 0 Å². The Bertz CT molecular complexity index is 1490. The molecule has 0 radical (unpaired) electrons. The van der Waals surface area contributed by atoms with Crippen LogP contribution in [0.15, 0.2) is 85.8 Å². The summed E-state index contributed by atoms with van der Waals surface area (Å²) in [6.07, 6.45) is 0. The highest BCUT2D eigenvalue weighted by atomic mass is 32.2. The van der Waals surface area contributed by atoms with E-state index in [-0.39, 0.29) is 34.1 Å². The zero-order valence-electron chi connectivity index (χ0n) is 18.2. The molecule has 0 amide bonds. The van der Waals surface area contributed by atoms with Gasteiger partial charge in [0, 0.05) is 10.0 Å². The topological polar surface area (TPSA) is 202 Å². The first kappa shape index (κ1) is 26.7. The quantitative estimate of drug-likeness (QED) is 0.0463. The summed E-state index contributed by atoms with van der Waals surface area (Å²) in [6, 6.07) is 14.2. The number of carbonyl (C=O) groups is 1. The van der Waals surface area contributed by atoms with E-state index in [4.69, 9.17) is 5.26 Å². The van der Waals surface area contributed by atoms with E-state index in [9.17, 15) is 28.0 Å². The van der Waals surface area contributed by atoms with Gasteiger partial charge in [-0.2, -0.15) is 8.42 Å². The Kier molecular flexibility index (Phi) is 8.63. The number of rotatable bonds is 8. The number of nitrogens with zero attached hydrogens (tertiary/aromatic N) is 4. The molecule has 0 saturated heterocycles. The molecule has 0 spiro atoms. The van der Waals surface area contributed by atoms with Gasteiger partial charge in [0.05, 0.1) is 28.1 Å². The van der Waals surface area contributed by atoms with E-state index in [2.05, 4.69) is 29.5 Å². The number of hydrogen-bond donors (Lipinski definition) is 4. The first-order valence-corrected chi connectivity index (χ1v) is 11.9. The molecule has 3 aromatic carbocycles.